The fourth-order valence-electron chi connectivity index (χ4n) is 1.18. The lowest BCUT2D eigenvalue weighted by Crippen LogP contribution is -1.94. The molecule has 0 unspecified atom stereocenters. The Hall–Kier alpha value is -1.48. The van der Waals surface area contributed by atoms with Crippen molar-refractivity contribution in [2.24, 2.45) is 0 Å². The number of rotatable bonds is 2. The average molecular weight is 209 g/mol. The van der Waals surface area contributed by atoms with Crippen LogP contribution in [0.1, 0.15) is 0 Å². The Morgan fingerprint density at radius 2 is 1.93 bits per heavy atom. The number of aromatic nitrogens is 2. The smallest absolute Gasteiger partial charge is 0.151 e. The van der Waals surface area contributed by atoms with E-state index in [1.807, 2.05) is 30.5 Å². The second-order valence-corrected chi connectivity index (χ2v) is 3.17. The van der Waals surface area contributed by atoms with Crippen LogP contribution in [0.25, 0.3) is 5.69 Å². The molecule has 1 aromatic heterocycles. The fourth-order valence-corrected chi connectivity index (χ4v) is 1.32. The molecule has 72 valence electrons. The lowest BCUT2D eigenvalue weighted by molar-refractivity contribution is 0.414. The lowest BCUT2D eigenvalue weighted by Gasteiger charge is -2.02. The maximum atomic E-state index is 5.71. The number of benzene rings is 1. The molecule has 2 aromatic rings. The van der Waals surface area contributed by atoms with Gasteiger partial charge in [0.15, 0.2) is 5.15 Å². The highest BCUT2D eigenvalue weighted by atomic mass is 35.5. The first-order valence-corrected chi connectivity index (χ1v) is 4.53. The third kappa shape index (κ3) is 1.72. The Bertz CT molecular complexity index is 422. The highest BCUT2D eigenvalue weighted by molar-refractivity contribution is 6.29. The topological polar surface area (TPSA) is 27.1 Å². The summed E-state index contributed by atoms with van der Waals surface area (Å²) in [6.07, 6.45) is 1.81. The molecular weight excluding hydrogens is 200 g/mol. The third-order valence-electron chi connectivity index (χ3n) is 1.89. The summed E-state index contributed by atoms with van der Waals surface area (Å²) >= 11 is 5.71. The molecule has 0 spiro atoms. The quantitative estimate of drug-likeness (QED) is 0.759. The molecule has 0 fully saturated rings. The van der Waals surface area contributed by atoms with Gasteiger partial charge in [0.1, 0.15) is 5.75 Å². The monoisotopic (exact) mass is 208 g/mol. The highest BCUT2D eigenvalue weighted by Crippen LogP contribution is 2.15. The van der Waals surface area contributed by atoms with E-state index in [0.29, 0.717) is 5.15 Å². The van der Waals surface area contributed by atoms with Crippen LogP contribution in [0.3, 0.4) is 0 Å². The first kappa shape index (κ1) is 9.09. The molecular formula is C10H9ClN2O. The van der Waals surface area contributed by atoms with Crippen LogP contribution >= 0.6 is 11.6 Å². The average Bonchev–Trinajstić information content (AvgIpc) is 2.65. The van der Waals surface area contributed by atoms with Gasteiger partial charge in [-0.1, -0.05) is 11.6 Å². The van der Waals surface area contributed by atoms with Gasteiger partial charge in [-0.3, -0.25) is 0 Å². The highest BCUT2D eigenvalue weighted by Gasteiger charge is 1.98. The van der Waals surface area contributed by atoms with Crippen LogP contribution in [0.2, 0.25) is 5.15 Å². The Kier molecular flexibility index (Phi) is 2.41. The van der Waals surface area contributed by atoms with Crippen LogP contribution in [-0.2, 0) is 0 Å². The summed E-state index contributed by atoms with van der Waals surface area (Å²) in [4.78, 5) is 0. The first-order chi connectivity index (χ1) is 6.79. The van der Waals surface area contributed by atoms with Crippen molar-refractivity contribution in [1.82, 2.24) is 9.78 Å². The van der Waals surface area contributed by atoms with Crippen molar-refractivity contribution in [2.45, 2.75) is 0 Å². The molecule has 0 aliphatic carbocycles. The predicted octanol–water partition coefficient (Wildman–Crippen LogP) is 2.53. The Morgan fingerprint density at radius 3 is 2.43 bits per heavy atom. The Balaban J connectivity index is 2.33. The molecule has 0 amide bonds. The molecule has 0 radical (unpaired) electrons. The number of methoxy groups -OCH3 is 1. The molecule has 14 heavy (non-hydrogen) atoms. The van der Waals surface area contributed by atoms with Crippen LogP contribution in [0.5, 0.6) is 5.75 Å². The molecule has 2 rings (SSSR count). The largest absolute Gasteiger partial charge is 0.497 e. The Morgan fingerprint density at radius 1 is 1.21 bits per heavy atom. The summed E-state index contributed by atoms with van der Waals surface area (Å²) in [6.45, 7) is 0. The van der Waals surface area contributed by atoms with Crippen LogP contribution < -0.4 is 4.74 Å². The number of hydrogen-bond acceptors (Lipinski definition) is 2. The predicted molar refractivity (Wildman–Crippen MR) is 55.1 cm³/mol. The van der Waals surface area contributed by atoms with Gasteiger partial charge in [0, 0.05) is 6.20 Å². The molecule has 4 heteroatoms. The molecule has 1 heterocycles. The fraction of sp³-hybridized carbons (Fsp3) is 0.100. The molecule has 0 N–H and O–H groups in total. The number of nitrogens with zero attached hydrogens (tertiary/aromatic N) is 2. The van der Waals surface area contributed by atoms with Gasteiger partial charge in [-0.25, -0.2) is 4.68 Å². The summed E-state index contributed by atoms with van der Waals surface area (Å²) in [6, 6.07) is 9.34. The standard InChI is InChI=1S/C10H9ClN2O/c1-14-9-4-2-8(3-5-9)13-7-6-10(11)12-13/h2-7H,1H3. The SMILES string of the molecule is COc1ccc(-n2ccc(Cl)n2)cc1. The lowest BCUT2D eigenvalue weighted by atomic mass is 10.3. The van der Waals surface area contributed by atoms with E-state index >= 15 is 0 Å². The van der Waals surface area contributed by atoms with Gasteiger partial charge in [0.05, 0.1) is 12.8 Å². The van der Waals surface area contributed by atoms with Crippen LogP contribution in [0.4, 0.5) is 0 Å². The van der Waals surface area contributed by atoms with E-state index in [-0.39, 0.29) is 0 Å². The van der Waals surface area contributed by atoms with E-state index in [1.165, 1.54) is 0 Å². The zero-order valence-corrected chi connectivity index (χ0v) is 8.40. The molecule has 0 bridgehead atoms. The second-order valence-electron chi connectivity index (χ2n) is 2.78. The Labute approximate surface area is 86.9 Å². The summed E-state index contributed by atoms with van der Waals surface area (Å²) in [5.41, 5.74) is 0.956. The minimum atomic E-state index is 0.487. The zero-order chi connectivity index (χ0) is 9.97. The third-order valence-corrected chi connectivity index (χ3v) is 2.10. The summed E-state index contributed by atoms with van der Waals surface area (Å²) < 4.78 is 6.76. The van der Waals surface area contributed by atoms with Crippen molar-refractivity contribution in [2.75, 3.05) is 7.11 Å². The van der Waals surface area contributed by atoms with Crippen molar-refractivity contribution < 1.29 is 4.74 Å². The van der Waals surface area contributed by atoms with E-state index in [9.17, 15) is 0 Å². The minimum Gasteiger partial charge on any atom is -0.497 e. The normalized spacial score (nSPS) is 10.1. The van der Waals surface area contributed by atoms with E-state index in [2.05, 4.69) is 5.10 Å². The van der Waals surface area contributed by atoms with Crippen LogP contribution in [0.15, 0.2) is 36.5 Å². The van der Waals surface area contributed by atoms with Gasteiger partial charge in [-0.15, -0.1) is 0 Å². The summed E-state index contributed by atoms with van der Waals surface area (Å²) in [5.74, 6) is 0.826. The molecule has 0 saturated heterocycles. The van der Waals surface area contributed by atoms with Gasteiger partial charge in [-0.05, 0) is 30.3 Å². The van der Waals surface area contributed by atoms with Gasteiger partial charge < -0.3 is 4.74 Å². The van der Waals surface area contributed by atoms with Gasteiger partial charge >= 0.3 is 0 Å². The molecule has 0 saturated carbocycles. The summed E-state index contributed by atoms with van der Waals surface area (Å²) in [5, 5.41) is 4.56. The zero-order valence-electron chi connectivity index (χ0n) is 7.64. The first-order valence-electron chi connectivity index (χ1n) is 4.15. The number of halogens is 1. The molecule has 0 atom stereocenters. The van der Waals surface area contributed by atoms with Gasteiger partial charge in [0.2, 0.25) is 0 Å². The maximum absolute atomic E-state index is 5.71. The van der Waals surface area contributed by atoms with Gasteiger partial charge in [-0.2, -0.15) is 5.10 Å². The van der Waals surface area contributed by atoms with Crippen molar-refractivity contribution in [1.29, 1.82) is 0 Å². The molecule has 3 nitrogen and oxygen atoms in total. The van der Waals surface area contributed by atoms with E-state index in [1.54, 1.807) is 17.9 Å². The maximum Gasteiger partial charge on any atom is 0.151 e. The summed E-state index contributed by atoms with van der Waals surface area (Å²) in [7, 11) is 1.64. The van der Waals surface area contributed by atoms with Gasteiger partial charge in [0.25, 0.3) is 0 Å². The van der Waals surface area contributed by atoms with Crippen molar-refractivity contribution in [3.05, 3.63) is 41.7 Å². The number of ether oxygens (including phenoxy) is 1. The van der Waals surface area contributed by atoms with Crippen molar-refractivity contribution in [3.63, 3.8) is 0 Å². The van der Waals surface area contributed by atoms with Crippen molar-refractivity contribution >= 4 is 11.6 Å². The van der Waals surface area contributed by atoms with Crippen LogP contribution in [-0.4, -0.2) is 16.9 Å². The minimum absolute atomic E-state index is 0.487. The van der Waals surface area contributed by atoms with E-state index < -0.39 is 0 Å². The second kappa shape index (κ2) is 3.72. The molecule has 0 aliphatic rings. The molecule has 0 aliphatic heterocycles. The number of hydrogen-bond donors (Lipinski definition) is 0. The van der Waals surface area contributed by atoms with E-state index in [0.717, 1.165) is 11.4 Å². The molecule has 1 aromatic carbocycles. The van der Waals surface area contributed by atoms with E-state index in [4.69, 9.17) is 16.3 Å². The van der Waals surface area contributed by atoms with Crippen molar-refractivity contribution in [3.8, 4) is 11.4 Å². The van der Waals surface area contributed by atoms with Crippen LogP contribution in [0, 0.1) is 0 Å².